The molecule has 0 aromatic carbocycles. The van der Waals surface area contributed by atoms with Crippen molar-refractivity contribution in [2.24, 2.45) is 0 Å². The summed E-state index contributed by atoms with van der Waals surface area (Å²) in [5, 5.41) is 13.6. The minimum atomic E-state index is -0.985. The van der Waals surface area contributed by atoms with E-state index in [-0.39, 0.29) is 11.7 Å². The zero-order valence-corrected chi connectivity index (χ0v) is 10.8. The molecule has 1 saturated heterocycles. The van der Waals surface area contributed by atoms with Crippen molar-refractivity contribution in [3.05, 3.63) is 29.7 Å². The van der Waals surface area contributed by atoms with Crippen molar-refractivity contribution >= 4 is 11.6 Å². The van der Waals surface area contributed by atoms with Crippen molar-refractivity contribution in [3.63, 3.8) is 0 Å². The van der Waals surface area contributed by atoms with Crippen molar-refractivity contribution in [1.29, 1.82) is 0 Å². The number of fused-ring (bicyclic) bond motifs is 1. The Kier molecular flexibility index (Phi) is 2.94. The third-order valence-electron chi connectivity index (χ3n) is 3.66. The quantitative estimate of drug-likeness (QED) is 0.907. The number of carboxylic acids is 1. The number of carboxylic acid groups (broad SMARTS) is 1. The summed E-state index contributed by atoms with van der Waals surface area (Å²) in [5.41, 5.74) is 0.746. The van der Waals surface area contributed by atoms with Gasteiger partial charge in [0.1, 0.15) is 0 Å². The van der Waals surface area contributed by atoms with Gasteiger partial charge in [-0.2, -0.15) is 0 Å². The normalized spacial score (nSPS) is 20.2. The Hall–Kier alpha value is -1.95. The molecule has 1 fully saturated rings. The van der Waals surface area contributed by atoms with Crippen LogP contribution >= 0.6 is 0 Å². The number of likely N-dealkylation sites (tertiary alicyclic amines) is 1. The van der Waals surface area contributed by atoms with Crippen LogP contribution in [-0.2, 0) is 0 Å². The van der Waals surface area contributed by atoms with Gasteiger partial charge in [0.25, 0.3) is 0 Å². The minimum Gasteiger partial charge on any atom is -0.477 e. The summed E-state index contributed by atoms with van der Waals surface area (Å²) in [6, 6.07) is 5.24. The summed E-state index contributed by atoms with van der Waals surface area (Å²) in [6.45, 7) is 4.14. The van der Waals surface area contributed by atoms with E-state index < -0.39 is 5.97 Å². The fourth-order valence-corrected chi connectivity index (χ4v) is 2.72. The number of rotatable bonds is 3. The van der Waals surface area contributed by atoms with Gasteiger partial charge in [0.15, 0.2) is 17.2 Å². The van der Waals surface area contributed by atoms with Crippen LogP contribution in [0.2, 0.25) is 0 Å². The van der Waals surface area contributed by atoms with E-state index in [1.165, 1.54) is 4.52 Å². The molecule has 1 unspecified atom stereocenters. The van der Waals surface area contributed by atoms with E-state index in [9.17, 15) is 4.79 Å². The number of aromatic carboxylic acids is 1. The number of nitrogens with zero attached hydrogens (tertiary/aromatic N) is 4. The zero-order chi connectivity index (χ0) is 13.4. The predicted octanol–water partition coefficient (Wildman–Crippen LogP) is 1.58. The summed E-state index contributed by atoms with van der Waals surface area (Å²) in [5.74, 6) is -0.256. The van der Waals surface area contributed by atoms with Crippen LogP contribution in [0.5, 0.6) is 0 Å². The summed E-state index contributed by atoms with van der Waals surface area (Å²) < 4.78 is 1.42. The molecule has 3 rings (SSSR count). The first-order chi connectivity index (χ1) is 9.20. The molecule has 19 heavy (non-hydrogen) atoms. The van der Waals surface area contributed by atoms with E-state index in [2.05, 4.69) is 21.9 Å². The maximum Gasteiger partial charge on any atom is 0.354 e. The van der Waals surface area contributed by atoms with Crippen molar-refractivity contribution < 1.29 is 9.90 Å². The monoisotopic (exact) mass is 260 g/mol. The first-order valence-corrected chi connectivity index (χ1v) is 6.53. The van der Waals surface area contributed by atoms with E-state index in [4.69, 9.17) is 5.11 Å². The lowest BCUT2D eigenvalue weighted by Gasteiger charge is -2.19. The van der Waals surface area contributed by atoms with Gasteiger partial charge in [-0.1, -0.05) is 13.0 Å². The fourth-order valence-electron chi connectivity index (χ4n) is 2.72. The standard InChI is InChI=1S/C13H16N4O2/c1-2-16-8-4-6-9(16)12-14-11-7-3-5-10(13(18)19)17(11)15-12/h3,5,7,9H,2,4,6,8H2,1H3,(H,18,19). The van der Waals surface area contributed by atoms with Gasteiger partial charge in [-0.3, -0.25) is 4.90 Å². The highest BCUT2D eigenvalue weighted by Gasteiger charge is 2.28. The average Bonchev–Trinajstić information content (AvgIpc) is 3.03. The number of hydrogen-bond acceptors (Lipinski definition) is 4. The van der Waals surface area contributed by atoms with E-state index in [1.807, 2.05) is 0 Å². The Morgan fingerprint density at radius 2 is 2.37 bits per heavy atom. The molecule has 0 bridgehead atoms. The largest absolute Gasteiger partial charge is 0.477 e. The van der Waals surface area contributed by atoms with Crippen LogP contribution in [0.25, 0.3) is 5.65 Å². The van der Waals surface area contributed by atoms with Crippen molar-refractivity contribution in [2.45, 2.75) is 25.8 Å². The number of aromatic nitrogens is 3. The van der Waals surface area contributed by atoms with E-state index in [1.54, 1.807) is 18.2 Å². The third-order valence-corrected chi connectivity index (χ3v) is 3.66. The lowest BCUT2D eigenvalue weighted by atomic mass is 10.2. The average molecular weight is 260 g/mol. The Morgan fingerprint density at radius 1 is 1.53 bits per heavy atom. The van der Waals surface area contributed by atoms with E-state index in [0.29, 0.717) is 5.65 Å². The highest BCUT2D eigenvalue weighted by molar-refractivity contribution is 5.86. The molecule has 0 saturated carbocycles. The molecule has 6 heteroatoms. The topological polar surface area (TPSA) is 70.7 Å². The molecular formula is C13H16N4O2. The molecule has 2 aromatic heterocycles. The van der Waals surface area contributed by atoms with Crippen molar-refractivity contribution in [3.8, 4) is 0 Å². The summed E-state index contributed by atoms with van der Waals surface area (Å²) in [6.07, 6.45) is 2.17. The molecule has 6 nitrogen and oxygen atoms in total. The molecule has 0 amide bonds. The number of hydrogen-bond donors (Lipinski definition) is 1. The van der Waals surface area contributed by atoms with Gasteiger partial charge < -0.3 is 5.11 Å². The minimum absolute atomic E-state index is 0.150. The Bertz CT molecular complexity index is 622. The molecule has 0 spiro atoms. The van der Waals surface area contributed by atoms with Crippen LogP contribution in [0, 0.1) is 0 Å². The highest BCUT2D eigenvalue weighted by Crippen LogP contribution is 2.29. The summed E-state index contributed by atoms with van der Waals surface area (Å²) in [4.78, 5) is 18.0. The maximum absolute atomic E-state index is 11.2. The SMILES string of the molecule is CCN1CCCC1c1nc2cccc(C(=O)O)n2n1. The molecule has 1 atom stereocenters. The second kappa shape index (κ2) is 4.62. The van der Waals surface area contributed by atoms with Crippen LogP contribution < -0.4 is 0 Å². The lowest BCUT2D eigenvalue weighted by Crippen LogP contribution is -2.23. The Morgan fingerprint density at radius 3 is 3.11 bits per heavy atom. The van der Waals surface area contributed by atoms with Gasteiger partial charge >= 0.3 is 5.97 Å². The maximum atomic E-state index is 11.2. The molecule has 1 N–H and O–H groups in total. The van der Waals surface area contributed by atoms with Crippen molar-refractivity contribution in [2.75, 3.05) is 13.1 Å². The molecule has 3 heterocycles. The van der Waals surface area contributed by atoms with Gasteiger partial charge in [0.2, 0.25) is 0 Å². The molecule has 2 aromatic rings. The van der Waals surface area contributed by atoms with Crippen LogP contribution in [0.4, 0.5) is 0 Å². The number of carbonyl (C=O) groups is 1. The van der Waals surface area contributed by atoms with Gasteiger partial charge in [-0.15, -0.1) is 5.10 Å². The molecule has 0 aliphatic carbocycles. The van der Waals surface area contributed by atoms with Crippen LogP contribution in [-0.4, -0.2) is 43.7 Å². The molecule has 1 aliphatic heterocycles. The Labute approximate surface area is 110 Å². The van der Waals surface area contributed by atoms with Gasteiger partial charge in [0, 0.05) is 0 Å². The lowest BCUT2D eigenvalue weighted by molar-refractivity contribution is 0.0687. The zero-order valence-electron chi connectivity index (χ0n) is 10.8. The van der Waals surface area contributed by atoms with Crippen LogP contribution in [0.3, 0.4) is 0 Å². The van der Waals surface area contributed by atoms with Crippen LogP contribution in [0.15, 0.2) is 18.2 Å². The molecular weight excluding hydrogens is 244 g/mol. The smallest absolute Gasteiger partial charge is 0.354 e. The van der Waals surface area contributed by atoms with Gasteiger partial charge in [0.05, 0.1) is 6.04 Å². The van der Waals surface area contributed by atoms with Crippen LogP contribution in [0.1, 0.15) is 42.1 Å². The third kappa shape index (κ3) is 1.98. The summed E-state index contributed by atoms with van der Waals surface area (Å²) >= 11 is 0. The molecule has 100 valence electrons. The Balaban J connectivity index is 2.06. The second-order valence-corrected chi connectivity index (χ2v) is 4.74. The number of pyridine rings is 1. The van der Waals surface area contributed by atoms with E-state index in [0.717, 1.165) is 31.8 Å². The highest BCUT2D eigenvalue weighted by atomic mass is 16.4. The second-order valence-electron chi connectivity index (χ2n) is 4.74. The van der Waals surface area contributed by atoms with Gasteiger partial charge in [-0.05, 0) is 38.1 Å². The van der Waals surface area contributed by atoms with Crippen molar-refractivity contribution in [1.82, 2.24) is 19.5 Å². The van der Waals surface area contributed by atoms with Gasteiger partial charge in [-0.25, -0.2) is 14.3 Å². The predicted molar refractivity (Wildman–Crippen MR) is 69.2 cm³/mol. The summed E-state index contributed by atoms with van der Waals surface area (Å²) in [7, 11) is 0. The molecule has 0 radical (unpaired) electrons. The first-order valence-electron chi connectivity index (χ1n) is 6.53. The molecule has 1 aliphatic rings. The fraction of sp³-hybridized carbons (Fsp3) is 0.462. The first kappa shape index (κ1) is 12.1. The van der Waals surface area contributed by atoms with E-state index >= 15 is 0 Å².